The summed E-state index contributed by atoms with van der Waals surface area (Å²) in [5.74, 6) is -1.18. The van der Waals surface area contributed by atoms with Crippen LogP contribution in [0, 0.1) is 5.92 Å². The Balaban J connectivity index is 1.81. The van der Waals surface area contributed by atoms with Gasteiger partial charge in [0.25, 0.3) is 0 Å². The lowest BCUT2D eigenvalue weighted by Gasteiger charge is -2.35. The summed E-state index contributed by atoms with van der Waals surface area (Å²) in [5.41, 5.74) is 1.56. The summed E-state index contributed by atoms with van der Waals surface area (Å²) < 4.78 is 5.65. The van der Waals surface area contributed by atoms with Crippen LogP contribution in [-0.2, 0) is 14.3 Å². The Labute approximate surface area is 127 Å². The molecule has 1 aliphatic carbocycles. The number of hydrogen-bond acceptors (Lipinski definition) is 5. The highest BCUT2D eigenvalue weighted by Crippen LogP contribution is 2.36. The van der Waals surface area contributed by atoms with Crippen LogP contribution in [0.25, 0.3) is 0 Å². The molecule has 114 valence electrons. The van der Waals surface area contributed by atoms with Crippen LogP contribution in [0.1, 0.15) is 18.1 Å². The van der Waals surface area contributed by atoms with Crippen LogP contribution in [0.4, 0.5) is 0 Å². The number of carbonyl (C=O) groups is 2. The molecule has 1 aromatic carbocycles. The maximum absolute atomic E-state index is 11.5. The third-order valence-corrected chi connectivity index (χ3v) is 4.06. The highest BCUT2D eigenvalue weighted by atomic mass is 16.5. The highest BCUT2D eigenvalue weighted by Gasteiger charge is 2.33. The van der Waals surface area contributed by atoms with E-state index in [1.807, 2.05) is 0 Å². The van der Waals surface area contributed by atoms with E-state index in [9.17, 15) is 19.8 Å². The molecule has 0 amide bonds. The SMILES string of the molecule is O=C1C=CC([C@@H]2C[C@H](c3ccc(O)cc3)OC[C@H]2O)=CC1=O. The van der Waals surface area contributed by atoms with Gasteiger partial charge >= 0.3 is 0 Å². The molecule has 2 aliphatic rings. The van der Waals surface area contributed by atoms with Gasteiger partial charge in [-0.3, -0.25) is 9.59 Å². The van der Waals surface area contributed by atoms with Gasteiger partial charge in [0.05, 0.1) is 18.8 Å². The first-order valence-electron chi connectivity index (χ1n) is 7.11. The summed E-state index contributed by atoms with van der Waals surface area (Å²) in [6.45, 7) is 0.156. The zero-order valence-electron chi connectivity index (χ0n) is 11.8. The maximum Gasteiger partial charge on any atom is 0.225 e. The van der Waals surface area contributed by atoms with Gasteiger partial charge in [-0.1, -0.05) is 18.2 Å². The predicted octanol–water partition coefficient (Wildman–Crippen LogP) is 1.47. The molecule has 1 aromatic rings. The molecule has 1 saturated heterocycles. The minimum absolute atomic E-state index is 0.156. The molecule has 0 saturated carbocycles. The van der Waals surface area contributed by atoms with E-state index in [4.69, 9.17) is 4.74 Å². The molecule has 2 N–H and O–H groups in total. The Hall–Kier alpha value is -2.24. The molecular formula is C17H16O5. The molecular weight excluding hydrogens is 284 g/mol. The van der Waals surface area contributed by atoms with E-state index in [1.54, 1.807) is 30.3 Å². The second kappa shape index (κ2) is 5.87. The smallest absolute Gasteiger partial charge is 0.225 e. The van der Waals surface area contributed by atoms with Gasteiger partial charge in [-0.2, -0.15) is 0 Å². The largest absolute Gasteiger partial charge is 0.508 e. The van der Waals surface area contributed by atoms with Crippen LogP contribution >= 0.6 is 0 Å². The number of aliphatic hydroxyl groups excluding tert-OH is 1. The predicted molar refractivity (Wildman–Crippen MR) is 78.2 cm³/mol. The van der Waals surface area contributed by atoms with Crippen LogP contribution in [0.15, 0.2) is 48.1 Å². The van der Waals surface area contributed by atoms with Gasteiger partial charge in [0.15, 0.2) is 0 Å². The molecule has 0 unspecified atom stereocenters. The fourth-order valence-corrected chi connectivity index (χ4v) is 2.82. The van der Waals surface area contributed by atoms with Crippen molar-refractivity contribution in [2.45, 2.75) is 18.6 Å². The van der Waals surface area contributed by atoms with Gasteiger partial charge in [0, 0.05) is 5.92 Å². The fourth-order valence-electron chi connectivity index (χ4n) is 2.82. The molecule has 0 spiro atoms. The Morgan fingerprint density at radius 1 is 1.05 bits per heavy atom. The van der Waals surface area contributed by atoms with Crippen molar-refractivity contribution in [2.75, 3.05) is 6.61 Å². The zero-order chi connectivity index (χ0) is 15.7. The molecule has 1 aliphatic heterocycles. The van der Waals surface area contributed by atoms with Crippen molar-refractivity contribution in [1.82, 2.24) is 0 Å². The number of carbonyl (C=O) groups excluding carboxylic acids is 2. The molecule has 0 radical (unpaired) electrons. The molecule has 1 heterocycles. The molecule has 1 fully saturated rings. The van der Waals surface area contributed by atoms with Crippen molar-refractivity contribution < 1.29 is 24.5 Å². The lowest BCUT2D eigenvalue weighted by molar-refractivity contribution is -0.131. The third-order valence-electron chi connectivity index (χ3n) is 4.06. The number of ether oxygens (including phenoxy) is 1. The molecule has 5 heteroatoms. The fraction of sp³-hybridized carbons (Fsp3) is 0.294. The number of allylic oxidation sites excluding steroid dienone is 3. The second-order valence-electron chi connectivity index (χ2n) is 5.53. The second-order valence-corrected chi connectivity index (χ2v) is 5.53. The van der Waals surface area contributed by atoms with Crippen molar-refractivity contribution in [2.24, 2.45) is 5.92 Å². The van der Waals surface area contributed by atoms with Crippen molar-refractivity contribution in [3.63, 3.8) is 0 Å². The van der Waals surface area contributed by atoms with Crippen molar-refractivity contribution in [3.8, 4) is 5.75 Å². The summed E-state index contributed by atoms with van der Waals surface area (Å²) >= 11 is 0. The topological polar surface area (TPSA) is 83.8 Å². The van der Waals surface area contributed by atoms with Crippen molar-refractivity contribution >= 4 is 11.6 Å². The Morgan fingerprint density at radius 3 is 2.45 bits per heavy atom. The summed E-state index contributed by atoms with van der Waals surface area (Å²) in [5, 5.41) is 19.5. The van der Waals surface area contributed by atoms with E-state index in [2.05, 4.69) is 0 Å². The van der Waals surface area contributed by atoms with Crippen LogP contribution in [-0.4, -0.2) is 34.5 Å². The van der Waals surface area contributed by atoms with E-state index < -0.39 is 17.7 Å². The normalized spacial score (nSPS) is 28.6. The molecule has 0 bridgehead atoms. The van der Waals surface area contributed by atoms with Gasteiger partial charge in [0.1, 0.15) is 5.75 Å². The van der Waals surface area contributed by atoms with Crippen molar-refractivity contribution in [3.05, 3.63) is 53.6 Å². The van der Waals surface area contributed by atoms with Gasteiger partial charge in [-0.05, 0) is 41.8 Å². The van der Waals surface area contributed by atoms with Gasteiger partial charge in [0.2, 0.25) is 11.6 Å². The van der Waals surface area contributed by atoms with Crippen LogP contribution in [0.2, 0.25) is 0 Å². The van der Waals surface area contributed by atoms with E-state index in [0.29, 0.717) is 12.0 Å². The van der Waals surface area contributed by atoms with Crippen molar-refractivity contribution in [1.29, 1.82) is 0 Å². The highest BCUT2D eigenvalue weighted by molar-refractivity contribution is 6.46. The summed E-state index contributed by atoms with van der Waals surface area (Å²) in [6.07, 6.45) is 3.70. The first-order chi connectivity index (χ1) is 10.5. The number of aromatic hydroxyl groups is 1. The quantitative estimate of drug-likeness (QED) is 0.638. The minimum Gasteiger partial charge on any atom is -0.508 e. The first kappa shape index (κ1) is 14.7. The lowest BCUT2D eigenvalue weighted by Crippen LogP contribution is -2.35. The van der Waals surface area contributed by atoms with Gasteiger partial charge in [-0.25, -0.2) is 0 Å². The standard InChI is InChI=1S/C17H16O5/c18-12-4-1-10(2-5-12)17-8-13(16(21)9-22-17)11-3-6-14(19)15(20)7-11/h1-7,13,16-18,21H,8-9H2/t13-,16+,17+/m0/s1. The number of phenolic OH excluding ortho intramolecular Hbond substituents is 1. The Morgan fingerprint density at radius 2 is 1.77 bits per heavy atom. The molecule has 3 atom stereocenters. The summed E-state index contributed by atoms with van der Waals surface area (Å²) in [6, 6.07) is 6.71. The van der Waals surface area contributed by atoms with E-state index in [-0.39, 0.29) is 24.4 Å². The maximum atomic E-state index is 11.5. The first-order valence-corrected chi connectivity index (χ1v) is 7.11. The minimum atomic E-state index is -0.717. The average molecular weight is 300 g/mol. The zero-order valence-corrected chi connectivity index (χ0v) is 11.8. The monoisotopic (exact) mass is 300 g/mol. The molecule has 22 heavy (non-hydrogen) atoms. The van der Waals surface area contributed by atoms with Gasteiger partial charge < -0.3 is 14.9 Å². The Kier molecular flexibility index (Phi) is 3.92. The van der Waals surface area contributed by atoms with Crippen LogP contribution in [0.5, 0.6) is 5.75 Å². The van der Waals surface area contributed by atoms with E-state index >= 15 is 0 Å². The average Bonchev–Trinajstić information content (AvgIpc) is 2.51. The number of rotatable bonds is 2. The number of hydrogen-bond donors (Lipinski definition) is 2. The summed E-state index contributed by atoms with van der Waals surface area (Å²) in [4.78, 5) is 22.8. The third kappa shape index (κ3) is 2.86. The number of ketones is 2. The molecule has 0 aromatic heterocycles. The Bertz CT molecular complexity index is 656. The number of phenols is 1. The molecule has 3 rings (SSSR count). The van der Waals surface area contributed by atoms with E-state index in [1.165, 1.54) is 12.2 Å². The van der Waals surface area contributed by atoms with Crippen LogP contribution < -0.4 is 0 Å². The number of aliphatic hydroxyl groups is 1. The van der Waals surface area contributed by atoms with Gasteiger partial charge in [-0.15, -0.1) is 0 Å². The van der Waals surface area contributed by atoms with E-state index in [0.717, 1.165) is 5.56 Å². The molecule has 5 nitrogen and oxygen atoms in total. The summed E-state index contributed by atoms with van der Waals surface area (Å²) in [7, 11) is 0. The lowest BCUT2D eigenvalue weighted by atomic mass is 9.82. The number of benzene rings is 1. The van der Waals surface area contributed by atoms with Crippen LogP contribution in [0.3, 0.4) is 0 Å².